The van der Waals surface area contributed by atoms with Gasteiger partial charge < -0.3 is 20.1 Å². The second kappa shape index (κ2) is 10.1. The number of carbonyl (C=O) groups excluding carboxylic acids is 2. The van der Waals surface area contributed by atoms with E-state index >= 15 is 0 Å². The second-order valence-corrected chi connectivity index (χ2v) is 5.56. The highest BCUT2D eigenvalue weighted by Gasteiger charge is 2.12. The van der Waals surface area contributed by atoms with Gasteiger partial charge >= 0.3 is 0 Å². The minimum Gasteiger partial charge on any atom is -0.496 e. The molecule has 1 aromatic carbocycles. The lowest BCUT2D eigenvalue weighted by molar-refractivity contribution is 0.0948. The van der Waals surface area contributed by atoms with E-state index in [2.05, 4.69) is 15.6 Å². The number of methoxy groups -OCH3 is 2. The SMILES string of the molecule is COCCCNC(=O)c1cncc(C(=O)NCc2ccccc2OC)c1. The minimum absolute atomic E-state index is 0.270. The highest BCUT2D eigenvalue weighted by atomic mass is 16.5. The molecule has 7 nitrogen and oxygen atoms in total. The van der Waals surface area contributed by atoms with Crippen molar-refractivity contribution in [1.29, 1.82) is 0 Å². The van der Waals surface area contributed by atoms with Gasteiger partial charge in [-0.15, -0.1) is 0 Å². The standard InChI is InChI=1S/C19H23N3O4/c1-25-9-5-8-21-18(23)15-10-16(12-20-11-15)19(24)22-13-14-6-3-4-7-17(14)26-2/h3-4,6-7,10-12H,5,8-9,13H2,1-2H3,(H,21,23)(H,22,24). The summed E-state index contributed by atoms with van der Waals surface area (Å²) in [6.45, 7) is 1.39. The van der Waals surface area contributed by atoms with E-state index in [0.717, 1.165) is 12.0 Å². The van der Waals surface area contributed by atoms with Gasteiger partial charge in [-0.05, 0) is 18.6 Å². The Kier molecular flexibility index (Phi) is 7.57. The maximum absolute atomic E-state index is 12.4. The average Bonchev–Trinajstić information content (AvgIpc) is 2.69. The normalized spacial score (nSPS) is 10.2. The Morgan fingerprint density at radius 3 is 2.42 bits per heavy atom. The van der Waals surface area contributed by atoms with E-state index in [4.69, 9.17) is 9.47 Å². The third-order valence-corrected chi connectivity index (χ3v) is 3.71. The Labute approximate surface area is 152 Å². The van der Waals surface area contributed by atoms with Gasteiger partial charge in [-0.2, -0.15) is 0 Å². The summed E-state index contributed by atoms with van der Waals surface area (Å²) < 4.78 is 10.2. The van der Waals surface area contributed by atoms with Crippen molar-refractivity contribution >= 4 is 11.8 Å². The fraction of sp³-hybridized carbons (Fsp3) is 0.316. The Balaban J connectivity index is 1.96. The molecule has 0 aliphatic carbocycles. The average molecular weight is 357 g/mol. The molecule has 138 valence electrons. The van der Waals surface area contributed by atoms with Crippen molar-refractivity contribution in [3.8, 4) is 5.75 Å². The Morgan fingerprint density at radius 1 is 1.04 bits per heavy atom. The number of pyridine rings is 1. The maximum Gasteiger partial charge on any atom is 0.253 e. The number of hydrogen-bond acceptors (Lipinski definition) is 5. The lowest BCUT2D eigenvalue weighted by atomic mass is 10.1. The number of carbonyl (C=O) groups is 2. The molecule has 0 unspecified atom stereocenters. The van der Waals surface area contributed by atoms with Crippen LogP contribution in [0.5, 0.6) is 5.75 Å². The smallest absolute Gasteiger partial charge is 0.253 e. The van der Waals surface area contributed by atoms with Gasteiger partial charge in [0, 0.05) is 44.8 Å². The Morgan fingerprint density at radius 2 is 1.73 bits per heavy atom. The van der Waals surface area contributed by atoms with E-state index in [9.17, 15) is 9.59 Å². The molecule has 2 aromatic rings. The number of nitrogens with zero attached hydrogens (tertiary/aromatic N) is 1. The number of amides is 2. The minimum atomic E-state index is -0.308. The zero-order valence-electron chi connectivity index (χ0n) is 15.0. The van der Waals surface area contributed by atoms with Crippen molar-refractivity contribution in [3.63, 3.8) is 0 Å². The van der Waals surface area contributed by atoms with Crippen LogP contribution in [0, 0.1) is 0 Å². The fourth-order valence-corrected chi connectivity index (χ4v) is 2.34. The summed E-state index contributed by atoms with van der Waals surface area (Å²) in [4.78, 5) is 28.4. The summed E-state index contributed by atoms with van der Waals surface area (Å²) in [5.74, 6) is 0.125. The van der Waals surface area contributed by atoms with Gasteiger partial charge in [0.25, 0.3) is 11.8 Å². The molecule has 1 aromatic heterocycles. The molecule has 2 amide bonds. The van der Waals surface area contributed by atoms with Crippen molar-refractivity contribution in [2.75, 3.05) is 27.4 Å². The monoisotopic (exact) mass is 357 g/mol. The zero-order valence-corrected chi connectivity index (χ0v) is 15.0. The number of rotatable bonds is 9. The van der Waals surface area contributed by atoms with E-state index in [-0.39, 0.29) is 11.8 Å². The summed E-state index contributed by atoms with van der Waals surface area (Å²) in [6.07, 6.45) is 3.58. The van der Waals surface area contributed by atoms with Crippen LogP contribution in [0.4, 0.5) is 0 Å². The summed E-state index contributed by atoms with van der Waals surface area (Å²) in [7, 11) is 3.19. The van der Waals surface area contributed by atoms with Gasteiger partial charge in [-0.3, -0.25) is 14.6 Å². The third-order valence-electron chi connectivity index (χ3n) is 3.71. The van der Waals surface area contributed by atoms with Crippen LogP contribution in [-0.4, -0.2) is 44.2 Å². The quantitative estimate of drug-likeness (QED) is 0.668. The van der Waals surface area contributed by atoms with Crippen LogP contribution >= 0.6 is 0 Å². The number of nitrogens with one attached hydrogen (secondary N) is 2. The molecule has 0 aliphatic rings. The highest BCUT2D eigenvalue weighted by molar-refractivity contribution is 5.99. The molecule has 0 saturated carbocycles. The highest BCUT2D eigenvalue weighted by Crippen LogP contribution is 2.16. The Bertz CT molecular complexity index is 749. The topological polar surface area (TPSA) is 89.5 Å². The predicted octanol–water partition coefficient (Wildman–Crippen LogP) is 1.79. The third kappa shape index (κ3) is 5.56. The van der Waals surface area contributed by atoms with Crippen LogP contribution in [0.25, 0.3) is 0 Å². The molecule has 0 saturated heterocycles. The molecular formula is C19H23N3O4. The molecule has 0 atom stereocenters. The van der Waals surface area contributed by atoms with Gasteiger partial charge in [0.2, 0.25) is 0 Å². The van der Waals surface area contributed by atoms with Gasteiger partial charge in [-0.25, -0.2) is 0 Å². The van der Waals surface area contributed by atoms with Gasteiger partial charge in [0.1, 0.15) is 5.75 Å². The first kappa shape index (κ1) is 19.4. The van der Waals surface area contributed by atoms with E-state index in [1.807, 2.05) is 24.3 Å². The van der Waals surface area contributed by atoms with Crippen LogP contribution < -0.4 is 15.4 Å². The van der Waals surface area contributed by atoms with E-state index in [1.54, 1.807) is 14.2 Å². The van der Waals surface area contributed by atoms with E-state index in [1.165, 1.54) is 18.5 Å². The molecule has 2 rings (SSSR count). The fourth-order valence-electron chi connectivity index (χ4n) is 2.34. The van der Waals surface area contributed by atoms with Crippen molar-refractivity contribution in [1.82, 2.24) is 15.6 Å². The van der Waals surface area contributed by atoms with Gasteiger partial charge in [0.15, 0.2) is 0 Å². The van der Waals surface area contributed by atoms with Crippen molar-refractivity contribution in [2.45, 2.75) is 13.0 Å². The van der Waals surface area contributed by atoms with Crippen molar-refractivity contribution < 1.29 is 19.1 Å². The molecule has 0 radical (unpaired) electrons. The lowest BCUT2D eigenvalue weighted by Crippen LogP contribution is -2.27. The number of para-hydroxylation sites is 1. The zero-order chi connectivity index (χ0) is 18.8. The maximum atomic E-state index is 12.4. The summed E-state index contributed by atoms with van der Waals surface area (Å²) in [5.41, 5.74) is 1.53. The van der Waals surface area contributed by atoms with Crippen molar-refractivity contribution in [2.24, 2.45) is 0 Å². The second-order valence-electron chi connectivity index (χ2n) is 5.56. The van der Waals surface area contributed by atoms with Gasteiger partial charge in [0.05, 0.1) is 18.2 Å². The van der Waals surface area contributed by atoms with E-state index in [0.29, 0.717) is 36.6 Å². The first-order valence-electron chi connectivity index (χ1n) is 8.28. The number of hydrogen-bond donors (Lipinski definition) is 2. The van der Waals surface area contributed by atoms with Crippen LogP contribution in [0.3, 0.4) is 0 Å². The molecule has 2 N–H and O–H groups in total. The summed E-state index contributed by atoms with van der Waals surface area (Å²) >= 11 is 0. The first-order chi connectivity index (χ1) is 12.7. The molecule has 7 heteroatoms. The summed E-state index contributed by atoms with van der Waals surface area (Å²) in [6, 6.07) is 8.97. The number of ether oxygens (including phenoxy) is 2. The van der Waals surface area contributed by atoms with Gasteiger partial charge in [-0.1, -0.05) is 18.2 Å². The van der Waals surface area contributed by atoms with Crippen LogP contribution in [0.1, 0.15) is 32.7 Å². The Hall–Kier alpha value is -2.93. The summed E-state index contributed by atoms with van der Waals surface area (Å²) in [5, 5.41) is 5.57. The molecule has 0 fully saturated rings. The molecule has 26 heavy (non-hydrogen) atoms. The predicted molar refractivity (Wildman–Crippen MR) is 97.2 cm³/mol. The van der Waals surface area contributed by atoms with Crippen LogP contribution in [0.2, 0.25) is 0 Å². The van der Waals surface area contributed by atoms with Crippen LogP contribution in [0.15, 0.2) is 42.7 Å². The first-order valence-corrected chi connectivity index (χ1v) is 8.28. The van der Waals surface area contributed by atoms with Crippen LogP contribution in [-0.2, 0) is 11.3 Å². The molecule has 1 heterocycles. The molecular weight excluding hydrogens is 334 g/mol. The number of aromatic nitrogens is 1. The molecule has 0 bridgehead atoms. The molecule has 0 aliphatic heterocycles. The molecule has 0 spiro atoms. The lowest BCUT2D eigenvalue weighted by Gasteiger charge is -2.10. The number of benzene rings is 1. The largest absolute Gasteiger partial charge is 0.496 e. The van der Waals surface area contributed by atoms with E-state index < -0.39 is 0 Å². The van der Waals surface area contributed by atoms with Crippen molar-refractivity contribution in [3.05, 3.63) is 59.4 Å².